The van der Waals surface area contributed by atoms with Crippen molar-refractivity contribution in [1.82, 2.24) is 9.47 Å². The van der Waals surface area contributed by atoms with Gasteiger partial charge in [-0.2, -0.15) is 13.2 Å². The number of Topliss-reactive ketones (excluding diaryl/α,β-unsaturated/α-hetero) is 1. The first-order valence-corrected chi connectivity index (χ1v) is 9.56. The molecule has 2 aromatic rings. The van der Waals surface area contributed by atoms with E-state index < -0.39 is 12.7 Å². The molecule has 5 nitrogen and oxygen atoms in total. The summed E-state index contributed by atoms with van der Waals surface area (Å²) in [4.78, 5) is 17.0. The molecule has 1 fully saturated rings. The molecular formula is C21H26F3N3O2. The van der Waals surface area contributed by atoms with Gasteiger partial charge in [-0.25, -0.2) is 0 Å². The van der Waals surface area contributed by atoms with Crippen LogP contribution in [0.15, 0.2) is 30.3 Å². The maximum atomic E-state index is 12.8. The fourth-order valence-corrected chi connectivity index (χ4v) is 3.83. The van der Waals surface area contributed by atoms with E-state index >= 15 is 0 Å². The lowest BCUT2D eigenvalue weighted by Crippen LogP contribution is -2.48. The minimum atomic E-state index is -4.32. The number of aryl methyl sites for hydroxylation is 1. The minimum Gasteiger partial charge on any atom is -0.495 e. The number of alkyl halides is 3. The lowest BCUT2D eigenvalue weighted by atomic mass is 10.1. The molecule has 1 aromatic carbocycles. The van der Waals surface area contributed by atoms with Crippen LogP contribution in [0.25, 0.3) is 0 Å². The van der Waals surface area contributed by atoms with Crippen LogP contribution < -0.4 is 9.64 Å². The second-order valence-corrected chi connectivity index (χ2v) is 7.34. The van der Waals surface area contributed by atoms with E-state index in [0.29, 0.717) is 30.0 Å². The van der Waals surface area contributed by atoms with Gasteiger partial charge in [0.2, 0.25) is 0 Å². The third kappa shape index (κ3) is 4.93. The summed E-state index contributed by atoms with van der Waals surface area (Å²) < 4.78 is 44.9. The summed E-state index contributed by atoms with van der Waals surface area (Å²) in [6.45, 7) is 5.20. The van der Waals surface area contributed by atoms with Crippen molar-refractivity contribution in [3.8, 4) is 5.75 Å². The van der Waals surface area contributed by atoms with E-state index in [1.807, 2.05) is 29.2 Å². The summed E-state index contributed by atoms with van der Waals surface area (Å²) in [6, 6.07) is 9.38. The predicted octanol–water partition coefficient (Wildman–Crippen LogP) is 3.68. The number of anilines is 1. The molecule has 0 spiro atoms. The van der Waals surface area contributed by atoms with Gasteiger partial charge in [0.25, 0.3) is 0 Å². The molecule has 0 saturated carbocycles. The van der Waals surface area contributed by atoms with E-state index in [0.717, 1.165) is 29.1 Å². The number of ketones is 1. The number of carbonyl (C=O) groups is 1. The highest BCUT2D eigenvalue weighted by molar-refractivity contribution is 5.99. The largest absolute Gasteiger partial charge is 0.495 e. The number of methoxy groups -OCH3 is 1. The van der Waals surface area contributed by atoms with E-state index in [4.69, 9.17) is 4.74 Å². The number of benzene rings is 1. The van der Waals surface area contributed by atoms with Crippen LogP contribution in [0.4, 0.5) is 18.9 Å². The number of piperazine rings is 1. The highest BCUT2D eigenvalue weighted by atomic mass is 19.4. The topological polar surface area (TPSA) is 37.7 Å². The van der Waals surface area contributed by atoms with Crippen molar-refractivity contribution in [2.24, 2.45) is 0 Å². The molecule has 1 saturated heterocycles. The van der Waals surface area contributed by atoms with Gasteiger partial charge in [-0.05, 0) is 32.0 Å². The fourth-order valence-electron chi connectivity index (χ4n) is 3.83. The zero-order valence-electron chi connectivity index (χ0n) is 16.9. The van der Waals surface area contributed by atoms with Crippen molar-refractivity contribution >= 4 is 11.5 Å². The second-order valence-electron chi connectivity index (χ2n) is 7.34. The lowest BCUT2D eigenvalue weighted by molar-refractivity contribution is -0.141. The third-order valence-electron chi connectivity index (χ3n) is 5.38. The maximum Gasteiger partial charge on any atom is 0.406 e. The summed E-state index contributed by atoms with van der Waals surface area (Å²) in [7, 11) is 1.64. The molecule has 1 aromatic heterocycles. The summed E-state index contributed by atoms with van der Waals surface area (Å²) in [5.41, 5.74) is 2.22. The standard InChI is InChI=1S/C21H26F3N3O2/c1-15-12-17(16(2)27(15)14-21(22,23)24)19(28)13-25-8-10-26(11-9-25)18-6-4-5-7-20(18)29-3/h4-7,12H,8-11,13-14H2,1-3H3. The molecule has 1 aliphatic rings. The van der Waals surface area contributed by atoms with Gasteiger partial charge in [0.05, 0.1) is 19.3 Å². The molecule has 29 heavy (non-hydrogen) atoms. The summed E-state index contributed by atoms with van der Waals surface area (Å²) in [5, 5.41) is 0. The number of carbonyl (C=O) groups excluding carboxylic acids is 1. The first kappa shape index (κ1) is 21.2. The first-order valence-electron chi connectivity index (χ1n) is 9.56. The van der Waals surface area contributed by atoms with Gasteiger partial charge in [-0.15, -0.1) is 0 Å². The summed E-state index contributed by atoms with van der Waals surface area (Å²) in [6.07, 6.45) is -4.32. The number of nitrogens with zero attached hydrogens (tertiary/aromatic N) is 3. The van der Waals surface area contributed by atoms with E-state index in [-0.39, 0.29) is 12.3 Å². The van der Waals surface area contributed by atoms with Crippen molar-refractivity contribution in [2.75, 3.05) is 44.7 Å². The SMILES string of the molecule is COc1ccccc1N1CCN(CC(=O)c2cc(C)n(CC(F)(F)F)c2C)CC1. The average molecular weight is 409 g/mol. The Hall–Kier alpha value is -2.48. The van der Waals surface area contributed by atoms with Crippen molar-refractivity contribution in [1.29, 1.82) is 0 Å². The molecular weight excluding hydrogens is 383 g/mol. The first-order chi connectivity index (χ1) is 13.7. The number of para-hydroxylation sites is 2. The van der Waals surface area contributed by atoms with Crippen LogP contribution in [-0.2, 0) is 6.54 Å². The van der Waals surface area contributed by atoms with Crippen LogP contribution in [-0.4, -0.2) is 61.3 Å². The number of hydrogen-bond donors (Lipinski definition) is 0. The van der Waals surface area contributed by atoms with E-state index in [9.17, 15) is 18.0 Å². The van der Waals surface area contributed by atoms with Crippen LogP contribution in [0.5, 0.6) is 5.75 Å². The average Bonchev–Trinajstić information content (AvgIpc) is 2.95. The lowest BCUT2D eigenvalue weighted by Gasteiger charge is -2.36. The summed E-state index contributed by atoms with van der Waals surface area (Å²) >= 11 is 0. The molecule has 0 amide bonds. The molecule has 0 aliphatic carbocycles. The molecule has 1 aliphatic heterocycles. The Labute approximate surface area is 168 Å². The van der Waals surface area contributed by atoms with E-state index in [1.54, 1.807) is 27.0 Å². The molecule has 0 bridgehead atoms. The normalized spacial score (nSPS) is 15.6. The molecule has 0 atom stereocenters. The Morgan fingerprint density at radius 1 is 1.10 bits per heavy atom. The maximum absolute atomic E-state index is 12.8. The molecule has 3 rings (SSSR count). The smallest absolute Gasteiger partial charge is 0.406 e. The van der Waals surface area contributed by atoms with Gasteiger partial charge in [-0.1, -0.05) is 12.1 Å². The van der Waals surface area contributed by atoms with Crippen LogP contribution in [0.2, 0.25) is 0 Å². The third-order valence-corrected chi connectivity index (χ3v) is 5.38. The molecule has 0 radical (unpaired) electrons. The quantitative estimate of drug-likeness (QED) is 0.683. The number of hydrogen-bond acceptors (Lipinski definition) is 4. The highest BCUT2D eigenvalue weighted by Crippen LogP contribution is 2.28. The molecule has 8 heteroatoms. The molecule has 0 unspecified atom stereocenters. The predicted molar refractivity (Wildman–Crippen MR) is 106 cm³/mol. The fraction of sp³-hybridized carbons (Fsp3) is 0.476. The van der Waals surface area contributed by atoms with E-state index in [2.05, 4.69) is 4.90 Å². The van der Waals surface area contributed by atoms with Crippen LogP contribution in [0.3, 0.4) is 0 Å². The Morgan fingerprint density at radius 2 is 1.76 bits per heavy atom. The molecule has 158 valence electrons. The van der Waals surface area contributed by atoms with Crippen LogP contribution in [0, 0.1) is 13.8 Å². The monoisotopic (exact) mass is 409 g/mol. The Kier molecular flexibility index (Phi) is 6.21. The molecule has 0 N–H and O–H groups in total. The summed E-state index contributed by atoms with van der Waals surface area (Å²) in [5.74, 6) is 0.673. The van der Waals surface area contributed by atoms with Crippen LogP contribution in [0.1, 0.15) is 21.7 Å². The number of ether oxygens (including phenoxy) is 1. The van der Waals surface area contributed by atoms with Crippen molar-refractivity contribution in [3.05, 3.63) is 47.3 Å². The van der Waals surface area contributed by atoms with Crippen molar-refractivity contribution in [2.45, 2.75) is 26.6 Å². The van der Waals surface area contributed by atoms with E-state index in [1.165, 1.54) is 0 Å². The Morgan fingerprint density at radius 3 is 2.38 bits per heavy atom. The van der Waals surface area contributed by atoms with Crippen molar-refractivity contribution in [3.63, 3.8) is 0 Å². The van der Waals surface area contributed by atoms with Gasteiger partial charge in [0.1, 0.15) is 12.3 Å². The zero-order valence-corrected chi connectivity index (χ0v) is 16.9. The Bertz CT molecular complexity index is 869. The van der Waals surface area contributed by atoms with Crippen molar-refractivity contribution < 1.29 is 22.7 Å². The second kappa shape index (κ2) is 8.49. The van der Waals surface area contributed by atoms with Gasteiger partial charge in [0, 0.05) is 43.1 Å². The van der Waals surface area contributed by atoms with Gasteiger partial charge in [0.15, 0.2) is 5.78 Å². The van der Waals surface area contributed by atoms with Gasteiger partial charge in [-0.3, -0.25) is 9.69 Å². The highest BCUT2D eigenvalue weighted by Gasteiger charge is 2.30. The Balaban J connectivity index is 1.62. The minimum absolute atomic E-state index is 0.141. The number of rotatable bonds is 6. The number of halogens is 3. The number of aromatic nitrogens is 1. The van der Waals surface area contributed by atoms with Gasteiger partial charge >= 0.3 is 6.18 Å². The molecule has 2 heterocycles. The van der Waals surface area contributed by atoms with Gasteiger partial charge < -0.3 is 14.2 Å². The zero-order chi connectivity index (χ0) is 21.2. The van der Waals surface area contributed by atoms with Crippen LogP contribution >= 0.6 is 0 Å².